The highest BCUT2D eigenvalue weighted by molar-refractivity contribution is 5.60. The normalized spacial score (nSPS) is 14.9. The summed E-state index contributed by atoms with van der Waals surface area (Å²) in [6.45, 7) is 9.30. The summed E-state index contributed by atoms with van der Waals surface area (Å²) in [4.78, 5) is 13.7. The van der Waals surface area contributed by atoms with Gasteiger partial charge in [0.25, 0.3) is 0 Å². The Morgan fingerprint density at radius 2 is 1.64 bits per heavy atom. The van der Waals surface area contributed by atoms with Crippen LogP contribution in [0.25, 0.3) is 0 Å². The number of hydrogen-bond donors (Lipinski definition) is 1. The van der Waals surface area contributed by atoms with Gasteiger partial charge in [0.15, 0.2) is 0 Å². The number of benzene rings is 2. The van der Waals surface area contributed by atoms with Crippen molar-refractivity contribution in [3.05, 3.63) is 77.6 Å². The van der Waals surface area contributed by atoms with E-state index >= 15 is 0 Å². The molecule has 144 valence electrons. The molecule has 1 aromatic heterocycles. The molecule has 0 amide bonds. The Labute approximate surface area is 167 Å². The highest BCUT2D eigenvalue weighted by Gasteiger charge is 2.18. The maximum atomic E-state index is 4.50. The smallest absolute Gasteiger partial charge is 0.135 e. The molecule has 0 unspecified atom stereocenters. The monoisotopic (exact) mass is 373 g/mol. The number of piperazine rings is 1. The van der Waals surface area contributed by atoms with E-state index in [1.165, 1.54) is 16.7 Å². The second-order valence-electron chi connectivity index (χ2n) is 7.43. The van der Waals surface area contributed by atoms with Crippen molar-refractivity contribution in [2.45, 2.75) is 20.4 Å². The van der Waals surface area contributed by atoms with Crippen LogP contribution >= 0.6 is 0 Å². The summed E-state index contributed by atoms with van der Waals surface area (Å²) in [5.41, 5.74) is 4.99. The zero-order valence-corrected chi connectivity index (χ0v) is 16.6. The van der Waals surface area contributed by atoms with E-state index in [1.54, 1.807) is 6.33 Å². The number of aryl methyl sites for hydroxylation is 2. The first-order valence-corrected chi connectivity index (χ1v) is 9.85. The van der Waals surface area contributed by atoms with Gasteiger partial charge in [-0.3, -0.25) is 4.90 Å². The van der Waals surface area contributed by atoms with Crippen LogP contribution < -0.4 is 10.2 Å². The van der Waals surface area contributed by atoms with Gasteiger partial charge in [-0.05, 0) is 42.7 Å². The molecule has 0 aliphatic carbocycles. The van der Waals surface area contributed by atoms with Crippen LogP contribution in [0.3, 0.4) is 0 Å². The fourth-order valence-electron chi connectivity index (χ4n) is 3.53. The minimum absolute atomic E-state index is 0.833. The van der Waals surface area contributed by atoms with Gasteiger partial charge in [0.1, 0.15) is 18.0 Å². The zero-order valence-electron chi connectivity index (χ0n) is 16.6. The standard InChI is InChI=1S/C23H27N5/c1-18-8-9-21(14-19(18)2)26-22-15-23(25-17-24-22)28-12-10-27(11-13-28)16-20-6-4-3-5-7-20/h3-9,14-15,17H,10-13,16H2,1-2H3,(H,24,25,26). The first-order chi connectivity index (χ1) is 13.7. The molecular weight excluding hydrogens is 346 g/mol. The highest BCUT2D eigenvalue weighted by Crippen LogP contribution is 2.21. The summed E-state index contributed by atoms with van der Waals surface area (Å²) in [6.07, 6.45) is 1.65. The SMILES string of the molecule is Cc1ccc(Nc2cc(N3CCN(Cc4ccccc4)CC3)ncn2)cc1C. The lowest BCUT2D eigenvalue weighted by Gasteiger charge is -2.35. The van der Waals surface area contributed by atoms with Gasteiger partial charge >= 0.3 is 0 Å². The molecule has 0 spiro atoms. The number of nitrogens with one attached hydrogen (secondary N) is 1. The molecular formula is C23H27N5. The van der Waals surface area contributed by atoms with Crippen LogP contribution in [0.5, 0.6) is 0 Å². The topological polar surface area (TPSA) is 44.3 Å². The minimum atomic E-state index is 0.833. The number of nitrogens with zero attached hydrogens (tertiary/aromatic N) is 4. The van der Waals surface area contributed by atoms with Gasteiger partial charge in [-0.1, -0.05) is 36.4 Å². The molecule has 28 heavy (non-hydrogen) atoms. The third-order valence-corrected chi connectivity index (χ3v) is 5.38. The van der Waals surface area contributed by atoms with Gasteiger partial charge < -0.3 is 10.2 Å². The Kier molecular flexibility index (Phi) is 5.53. The average molecular weight is 374 g/mol. The molecule has 0 saturated carbocycles. The summed E-state index contributed by atoms with van der Waals surface area (Å²) < 4.78 is 0. The number of hydrogen-bond acceptors (Lipinski definition) is 5. The Morgan fingerprint density at radius 1 is 0.857 bits per heavy atom. The lowest BCUT2D eigenvalue weighted by atomic mass is 10.1. The van der Waals surface area contributed by atoms with Crippen LogP contribution in [0.1, 0.15) is 16.7 Å². The molecule has 1 fully saturated rings. The van der Waals surface area contributed by atoms with Crippen molar-refractivity contribution in [2.24, 2.45) is 0 Å². The third kappa shape index (κ3) is 4.49. The quantitative estimate of drug-likeness (QED) is 0.727. The second-order valence-corrected chi connectivity index (χ2v) is 7.43. The van der Waals surface area contributed by atoms with Gasteiger partial charge in [-0.15, -0.1) is 0 Å². The van der Waals surface area contributed by atoms with E-state index in [2.05, 4.69) is 87.5 Å². The van der Waals surface area contributed by atoms with E-state index < -0.39 is 0 Å². The lowest BCUT2D eigenvalue weighted by molar-refractivity contribution is 0.249. The van der Waals surface area contributed by atoms with Crippen LogP contribution in [0, 0.1) is 13.8 Å². The van der Waals surface area contributed by atoms with Crippen LogP contribution in [-0.4, -0.2) is 41.0 Å². The molecule has 5 nitrogen and oxygen atoms in total. The van der Waals surface area contributed by atoms with Gasteiger partial charge in [0.05, 0.1) is 0 Å². The summed E-state index contributed by atoms with van der Waals surface area (Å²) in [5, 5.41) is 3.40. The second kappa shape index (κ2) is 8.40. The van der Waals surface area contributed by atoms with Crippen molar-refractivity contribution in [3.63, 3.8) is 0 Å². The summed E-state index contributed by atoms with van der Waals surface area (Å²) >= 11 is 0. The van der Waals surface area contributed by atoms with Gasteiger partial charge in [0.2, 0.25) is 0 Å². The molecule has 2 aromatic carbocycles. The van der Waals surface area contributed by atoms with E-state index in [-0.39, 0.29) is 0 Å². The van der Waals surface area contributed by atoms with Crippen molar-refractivity contribution in [1.82, 2.24) is 14.9 Å². The van der Waals surface area contributed by atoms with Gasteiger partial charge in [0, 0.05) is 44.5 Å². The Hall–Kier alpha value is -2.92. The maximum absolute atomic E-state index is 4.50. The lowest BCUT2D eigenvalue weighted by Crippen LogP contribution is -2.46. The molecule has 1 N–H and O–H groups in total. The third-order valence-electron chi connectivity index (χ3n) is 5.38. The minimum Gasteiger partial charge on any atom is -0.354 e. The Morgan fingerprint density at radius 3 is 2.39 bits per heavy atom. The molecule has 1 saturated heterocycles. The largest absolute Gasteiger partial charge is 0.354 e. The van der Waals surface area contributed by atoms with Crippen LogP contribution in [-0.2, 0) is 6.54 Å². The Bertz CT molecular complexity index is 917. The molecule has 1 aliphatic rings. The average Bonchev–Trinajstić information content (AvgIpc) is 2.72. The molecule has 5 heteroatoms. The van der Waals surface area contributed by atoms with E-state index in [0.29, 0.717) is 0 Å². The van der Waals surface area contributed by atoms with Crippen molar-refractivity contribution in [2.75, 3.05) is 36.4 Å². The summed E-state index contributed by atoms with van der Waals surface area (Å²) in [6, 6.07) is 19.1. The van der Waals surface area contributed by atoms with E-state index in [0.717, 1.165) is 50.0 Å². The predicted octanol–water partition coefficient (Wildman–Crippen LogP) is 4.16. The van der Waals surface area contributed by atoms with Gasteiger partial charge in [-0.2, -0.15) is 0 Å². The zero-order chi connectivity index (χ0) is 19.3. The van der Waals surface area contributed by atoms with E-state index in [4.69, 9.17) is 0 Å². The van der Waals surface area contributed by atoms with Crippen LogP contribution in [0.4, 0.5) is 17.3 Å². The molecule has 3 aromatic rings. The number of anilines is 3. The molecule has 1 aliphatic heterocycles. The van der Waals surface area contributed by atoms with Crippen molar-refractivity contribution >= 4 is 17.3 Å². The van der Waals surface area contributed by atoms with Gasteiger partial charge in [-0.25, -0.2) is 9.97 Å². The molecule has 2 heterocycles. The predicted molar refractivity (Wildman–Crippen MR) is 115 cm³/mol. The van der Waals surface area contributed by atoms with Crippen LogP contribution in [0.2, 0.25) is 0 Å². The van der Waals surface area contributed by atoms with E-state index in [1.807, 2.05) is 6.07 Å². The summed E-state index contributed by atoms with van der Waals surface area (Å²) in [5.74, 6) is 1.82. The number of aromatic nitrogens is 2. The number of rotatable bonds is 5. The highest BCUT2D eigenvalue weighted by atomic mass is 15.3. The van der Waals surface area contributed by atoms with Crippen molar-refractivity contribution in [1.29, 1.82) is 0 Å². The van der Waals surface area contributed by atoms with E-state index in [9.17, 15) is 0 Å². The fraction of sp³-hybridized carbons (Fsp3) is 0.304. The first kappa shape index (κ1) is 18.4. The molecule has 0 radical (unpaired) electrons. The Balaban J connectivity index is 1.37. The maximum Gasteiger partial charge on any atom is 0.135 e. The van der Waals surface area contributed by atoms with Crippen molar-refractivity contribution in [3.8, 4) is 0 Å². The molecule has 0 bridgehead atoms. The van der Waals surface area contributed by atoms with Crippen molar-refractivity contribution < 1.29 is 0 Å². The fourth-order valence-corrected chi connectivity index (χ4v) is 3.53. The van der Waals surface area contributed by atoms with Crippen LogP contribution in [0.15, 0.2) is 60.9 Å². The summed E-state index contributed by atoms with van der Waals surface area (Å²) in [7, 11) is 0. The first-order valence-electron chi connectivity index (χ1n) is 9.85. The molecule has 0 atom stereocenters. The molecule has 4 rings (SSSR count).